The Kier molecular flexibility index (Phi) is 6.27. The standard InChI is InChI=1S/C18H31N3O3/c1-14(2)21(17(22)24-18(3,4)5)12-15-7-6-9-20(11-15)13-16-8-10-23-19-16/h8,10,14-15H,6-7,9,11-13H2,1-5H3/t15-/m1/s1. The normalized spacial score (nSPS) is 19.5. The lowest BCUT2D eigenvalue weighted by Crippen LogP contribution is -2.46. The first-order chi connectivity index (χ1) is 11.2. The van der Waals surface area contributed by atoms with Crippen LogP contribution in [0.25, 0.3) is 0 Å². The third-order valence-corrected chi connectivity index (χ3v) is 4.19. The second-order valence-electron chi connectivity index (χ2n) is 7.96. The van der Waals surface area contributed by atoms with Crippen LogP contribution in [0.3, 0.4) is 0 Å². The Balaban J connectivity index is 1.92. The van der Waals surface area contributed by atoms with Crippen LogP contribution >= 0.6 is 0 Å². The first kappa shape index (κ1) is 18.8. The van der Waals surface area contributed by atoms with Gasteiger partial charge in [0.1, 0.15) is 11.9 Å². The average molecular weight is 337 g/mol. The number of likely N-dealkylation sites (tertiary alicyclic amines) is 1. The molecule has 1 amide bonds. The number of hydrogen-bond acceptors (Lipinski definition) is 5. The van der Waals surface area contributed by atoms with E-state index in [-0.39, 0.29) is 12.1 Å². The molecule has 0 spiro atoms. The van der Waals surface area contributed by atoms with Gasteiger partial charge in [-0.25, -0.2) is 4.79 Å². The highest BCUT2D eigenvalue weighted by Gasteiger charge is 2.29. The molecule has 0 N–H and O–H groups in total. The third kappa shape index (κ3) is 5.82. The van der Waals surface area contributed by atoms with Gasteiger partial charge in [-0.05, 0) is 59.9 Å². The molecule has 0 radical (unpaired) electrons. The van der Waals surface area contributed by atoms with E-state index < -0.39 is 5.60 Å². The Morgan fingerprint density at radius 1 is 1.50 bits per heavy atom. The van der Waals surface area contributed by atoms with E-state index in [1.165, 1.54) is 0 Å². The fourth-order valence-corrected chi connectivity index (χ4v) is 3.09. The second kappa shape index (κ2) is 8.01. The van der Waals surface area contributed by atoms with Crippen molar-refractivity contribution in [1.82, 2.24) is 15.0 Å². The van der Waals surface area contributed by atoms with Crippen molar-refractivity contribution >= 4 is 6.09 Å². The van der Waals surface area contributed by atoms with Gasteiger partial charge in [0.15, 0.2) is 0 Å². The van der Waals surface area contributed by atoms with E-state index in [0.29, 0.717) is 5.92 Å². The number of ether oxygens (including phenoxy) is 1. The van der Waals surface area contributed by atoms with E-state index in [1.807, 2.05) is 45.6 Å². The van der Waals surface area contributed by atoms with Crippen LogP contribution in [0.2, 0.25) is 0 Å². The van der Waals surface area contributed by atoms with Crippen LogP contribution in [0, 0.1) is 5.92 Å². The van der Waals surface area contributed by atoms with Gasteiger partial charge in [-0.1, -0.05) is 5.16 Å². The first-order valence-corrected chi connectivity index (χ1v) is 8.86. The Morgan fingerprint density at radius 3 is 2.83 bits per heavy atom. The lowest BCUT2D eigenvalue weighted by Gasteiger charge is -2.37. The summed E-state index contributed by atoms with van der Waals surface area (Å²) in [5, 5.41) is 3.99. The van der Waals surface area contributed by atoms with Crippen molar-refractivity contribution in [1.29, 1.82) is 0 Å². The molecule has 1 aliphatic heterocycles. The maximum absolute atomic E-state index is 12.5. The molecule has 0 aliphatic carbocycles. The lowest BCUT2D eigenvalue weighted by molar-refractivity contribution is 0.0117. The molecule has 2 heterocycles. The molecular weight excluding hydrogens is 306 g/mol. The van der Waals surface area contributed by atoms with Crippen molar-refractivity contribution in [3.8, 4) is 0 Å². The van der Waals surface area contributed by atoms with E-state index in [1.54, 1.807) is 6.26 Å². The SMILES string of the molecule is CC(C)N(C[C@@H]1CCCN(Cc2ccon2)C1)C(=O)OC(C)(C)C. The number of aromatic nitrogens is 1. The molecule has 6 heteroatoms. The summed E-state index contributed by atoms with van der Waals surface area (Å²) in [7, 11) is 0. The van der Waals surface area contributed by atoms with Crippen LogP contribution in [0.1, 0.15) is 53.2 Å². The highest BCUT2D eigenvalue weighted by molar-refractivity contribution is 5.68. The number of rotatable bonds is 5. The number of carbonyl (C=O) groups excluding carboxylic acids is 1. The average Bonchev–Trinajstić information content (AvgIpc) is 2.95. The molecule has 0 bridgehead atoms. The van der Waals surface area contributed by atoms with E-state index in [0.717, 1.165) is 44.7 Å². The molecule has 136 valence electrons. The van der Waals surface area contributed by atoms with Gasteiger partial charge in [0.2, 0.25) is 0 Å². The van der Waals surface area contributed by atoms with Crippen molar-refractivity contribution in [2.75, 3.05) is 19.6 Å². The van der Waals surface area contributed by atoms with Gasteiger partial charge in [-0.3, -0.25) is 4.90 Å². The summed E-state index contributed by atoms with van der Waals surface area (Å²) in [6.07, 6.45) is 3.68. The van der Waals surface area contributed by atoms with Gasteiger partial charge in [0.25, 0.3) is 0 Å². The quantitative estimate of drug-likeness (QED) is 0.822. The molecule has 1 aromatic heterocycles. The van der Waals surface area contributed by atoms with E-state index in [9.17, 15) is 4.79 Å². The van der Waals surface area contributed by atoms with Gasteiger partial charge >= 0.3 is 6.09 Å². The minimum atomic E-state index is -0.463. The lowest BCUT2D eigenvalue weighted by atomic mass is 9.97. The topological polar surface area (TPSA) is 58.8 Å². The highest BCUT2D eigenvalue weighted by Crippen LogP contribution is 2.21. The van der Waals surface area contributed by atoms with Crippen LogP contribution in [-0.2, 0) is 11.3 Å². The van der Waals surface area contributed by atoms with Crippen LogP contribution in [0.15, 0.2) is 16.9 Å². The van der Waals surface area contributed by atoms with Gasteiger partial charge in [-0.2, -0.15) is 0 Å². The number of amides is 1. The van der Waals surface area contributed by atoms with Crippen LogP contribution in [0.5, 0.6) is 0 Å². The predicted molar refractivity (Wildman–Crippen MR) is 92.6 cm³/mol. The zero-order chi connectivity index (χ0) is 17.7. The van der Waals surface area contributed by atoms with Gasteiger partial charge in [0, 0.05) is 31.7 Å². The smallest absolute Gasteiger partial charge is 0.410 e. The summed E-state index contributed by atoms with van der Waals surface area (Å²) >= 11 is 0. The zero-order valence-electron chi connectivity index (χ0n) is 15.6. The van der Waals surface area contributed by atoms with Crippen LogP contribution in [0.4, 0.5) is 4.79 Å². The van der Waals surface area contributed by atoms with Crippen molar-refractivity contribution in [2.45, 2.75) is 65.6 Å². The van der Waals surface area contributed by atoms with Crippen molar-refractivity contribution in [3.63, 3.8) is 0 Å². The summed E-state index contributed by atoms with van der Waals surface area (Å²) in [6, 6.07) is 2.04. The van der Waals surface area contributed by atoms with E-state index in [2.05, 4.69) is 10.1 Å². The molecule has 0 aromatic carbocycles. The molecular formula is C18H31N3O3. The molecule has 6 nitrogen and oxygen atoms in total. The molecule has 1 aliphatic rings. The Hall–Kier alpha value is -1.56. The Labute approximate surface area is 145 Å². The summed E-state index contributed by atoms with van der Waals surface area (Å²) < 4.78 is 10.5. The van der Waals surface area contributed by atoms with E-state index >= 15 is 0 Å². The second-order valence-corrected chi connectivity index (χ2v) is 7.96. The number of hydrogen-bond donors (Lipinski definition) is 0. The molecule has 0 saturated carbocycles. The fraction of sp³-hybridized carbons (Fsp3) is 0.778. The Morgan fingerprint density at radius 2 is 2.25 bits per heavy atom. The molecule has 1 saturated heterocycles. The first-order valence-electron chi connectivity index (χ1n) is 8.86. The number of nitrogens with zero attached hydrogens (tertiary/aromatic N) is 3. The minimum Gasteiger partial charge on any atom is -0.444 e. The largest absolute Gasteiger partial charge is 0.444 e. The molecule has 24 heavy (non-hydrogen) atoms. The molecule has 1 aromatic rings. The number of piperidine rings is 1. The zero-order valence-corrected chi connectivity index (χ0v) is 15.6. The molecule has 1 atom stereocenters. The fourth-order valence-electron chi connectivity index (χ4n) is 3.09. The van der Waals surface area contributed by atoms with Crippen LogP contribution < -0.4 is 0 Å². The Bertz CT molecular complexity index is 508. The summed E-state index contributed by atoms with van der Waals surface area (Å²) in [4.78, 5) is 16.7. The van der Waals surface area contributed by atoms with Gasteiger partial charge in [0.05, 0.1) is 5.69 Å². The molecule has 2 rings (SSSR count). The molecule has 0 unspecified atom stereocenters. The summed E-state index contributed by atoms with van der Waals surface area (Å²) in [5.41, 5.74) is 0.499. The molecule has 1 fully saturated rings. The highest BCUT2D eigenvalue weighted by atomic mass is 16.6. The van der Waals surface area contributed by atoms with Crippen molar-refractivity contribution < 1.29 is 14.1 Å². The summed E-state index contributed by atoms with van der Waals surface area (Å²) in [5.74, 6) is 0.459. The minimum absolute atomic E-state index is 0.130. The van der Waals surface area contributed by atoms with E-state index in [4.69, 9.17) is 9.26 Å². The third-order valence-electron chi connectivity index (χ3n) is 4.19. The predicted octanol–water partition coefficient (Wildman–Crippen LogP) is 3.53. The maximum Gasteiger partial charge on any atom is 0.410 e. The number of carbonyl (C=O) groups is 1. The monoisotopic (exact) mass is 337 g/mol. The van der Waals surface area contributed by atoms with Crippen molar-refractivity contribution in [2.24, 2.45) is 5.92 Å². The van der Waals surface area contributed by atoms with Crippen LogP contribution in [-0.4, -0.2) is 52.3 Å². The van der Waals surface area contributed by atoms with Gasteiger partial charge in [-0.15, -0.1) is 0 Å². The summed E-state index contributed by atoms with van der Waals surface area (Å²) in [6.45, 7) is 13.4. The van der Waals surface area contributed by atoms with Gasteiger partial charge < -0.3 is 14.2 Å². The van der Waals surface area contributed by atoms with Crippen molar-refractivity contribution in [3.05, 3.63) is 18.0 Å². The maximum atomic E-state index is 12.5.